The number of anilines is 1. The first-order valence-electron chi connectivity index (χ1n) is 12.0. The zero-order valence-corrected chi connectivity index (χ0v) is 22.9. The van der Waals surface area contributed by atoms with Gasteiger partial charge in [0.25, 0.3) is 5.91 Å². The molecule has 4 aromatic rings. The van der Waals surface area contributed by atoms with Crippen molar-refractivity contribution in [2.45, 2.75) is 18.6 Å². The summed E-state index contributed by atoms with van der Waals surface area (Å²) in [5.74, 6) is 1.85. The van der Waals surface area contributed by atoms with E-state index in [2.05, 4.69) is 20.8 Å². The molecule has 1 aromatic heterocycles. The lowest BCUT2D eigenvalue weighted by molar-refractivity contribution is -0.113. The molecular formula is C28H29N5O5S. The number of benzene rings is 3. The first-order valence-corrected chi connectivity index (χ1v) is 13.0. The van der Waals surface area contributed by atoms with Gasteiger partial charge in [0.2, 0.25) is 5.91 Å². The summed E-state index contributed by atoms with van der Waals surface area (Å²) >= 11 is 1.25. The predicted molar refractivity (Wildman–Crippen MR) is 149 cm³/mol. The Kier molecular flexibility index (Phi) is 9.06. The Morgan fingerprint density at radius 1 is 0.897 bits per heavy atom. The molecule has 1 heterocycles. The van der Waals surface area contributed by atoms with Gasteiger partial charge in [-0.15, -0.1) is 10.2 Å². The molecule has 0 unspecified atom stereocenters. The van der Waals surface area contributed by atoms with Crippen molar-refractivity contribution in [1.29, 1.82) is 0 Å². The van der Waals surface area contributed by atoms with Crippen molar-refractivity contribution >= 4 is 29.3 Å². The molecule has 0 radical (unpaired) electrons. The van der Waals surface area contributed by atoms with Gasteiger partial charge in [-0.2, -0.15) is 0 Å². The van der Waals surface area contributed by atoms with Crippen molar-refractivity contribution in [2.24, 2.45) is 0 Å². The maximum absolute atomic E-state index is 12.9. The quantitative estimate of drug-likeness (QED) is 0.268. The van der Waals surface area contributed by atoms with Crippen LogP contribution >= 0.6 is 11.8 Å². The molecule has 0 bridgehead atoms. The van der Waals surface area contributed by atoms with E-state index >= 15 is 0 Å². The number of hydrogen-bond acceptors (Lipinski definition) is 8. The number of methoxy groups -OCH3 is 3. The maximum Gasteiger partial charge on any atom is 0.251 e. The van der Waals surface area contributed by atoms with E-state index in [1.165, 1.54) is 26.0 Å². The van der Waals surface area contributed by atoms with Crippen molar-refractivity contribution in [3.8, 4) is 22.9 Å². The molecule has 0 atom stereocenters. The number of aromatic nitrogens is 3. The number of ether oxygens (including phenoxy) is 3. The normalized spacial score (nSPS) is 10.6. The lowest BCUT2D eigenvalue weighted by Crippen LogP contribution is -2.24. The van der Waals surface area contributed by atoms with Crippen molar-refractivity contribution in [3.63, 3.8) is 0 Å². The Morgan fingerprint density at radius 2 is 1.67 bits per heavy atom. The molecule has 0 saturated heterocycles. The fraction of sp³-hybridized carbons (Fsp3) is 0.214. The van der Waals surface area contributed by atoms with E-state index < -0.39 is 0 Å². The first-order chi connectivity index (χ1) is 18.9. The van der Waals surface area contributed by atoms with Crippen LogP contribution in [0.15, 0.2) is 71.9 Å². The Bertz CT molecular complexity index is 1460. The number of carbonyl (C=O) groups is 2. The average molecular weight is 548 g/mol. The van der Waals surface area contributed by atoms with E-state index in [0.29, 0.717) is 39.5 Å². The lowest BCUT2D eigenvalue weighted by Gasteiger charge is -2.12. The fourth-order valence-corrected chi connectivity index (χ4v) is 4.55. The second-order valence-corrected chi connectivity index (χ2v) is 9.33. The van der Waals surface area contributed by atoms with Gasteiger partial charge in [0.15, 0.2) is 22.5 Å². The highest BCUT2D eigenvalue weighted by Gasteiger charge is 2.18. The zero-order valence-electron chi connectivity index (χ0n) is 22.1. The Labute approximate surface area is 230 Å². The van der Waals surface area contributed by atoms with Crippen LogP contribution in [0.25, 0.3) is 5.69 Å². The minimum absolute atomic E-state index is 0.118. The second kappa shape index (κ2) is 12.8. The molecule has 0 saturated carbocycles. The summed E-state index contributed by atoms with van der Waals surface area (Å²) in [7, 11) is 4.64. The van der Waals surface area contributed by atoms with Crippen molar-refractivity contribution < 1.29 is 23.8 Å². The Hall–Kier alpha value is -4.51. The summed E-state index contributed by atoms with van der Waals surface area (Å²) < 4.78 is 17.5. The lowest BCUT2D eigenvalue weighted by atomic mass is 10.2. The highest BCUT2D eigenvalue weighted by atomic mass is 32.2. The molecule has 202 valence electrons. The molecule has 2 amide bonds. The SMILES string of the molecule is COc1ccc(NC(=O)CSc2nnc(CNC(=O)c3ccc(OC)c(OC)c3)n2-c2cccc(C)c2)cc1. The van der Waals surface area contributed by atoms with Crippen molar-refractivity contribution in [3.05, 3.63) is 83.7 Å². The highest BCUT2D eigenvalue weighted by molar-refractivity contribution is 7.99. The van der Waals surface area contributed by atoms with Crippen LogP contribution in [0, 0.1) is 6.92 Å². The van der Waals surface area contributed by atoms with E-state index in [9.17, 15) is 9.59 Å². The molecule has 0 aliphatic rings. The fourth-order valence-electron chi connectivity index (χ4n) is 3.78. The van der Waals surface area contributed by atoms with E-state index in [0.717, 1.165) is 11.3 Å². The summed E-state index contributed by atoms with van der Waals surface area (Å²) in [6.45, 7) is 2.11. The van der Waals surface area contributed by atoms with Crippen molar-refractivity contribution in [1.82, 2.24) is 20.1 Å². The number of hydrogen-bond donors (Lipinski definition) is 2. The number of nitrogens with zero attached hydrogens (tertiary/aromatic N) is 3. The minimum atomic E-state index is -0.303. The van der Waals surface area contributed by atoms with E-state index in [1.807, 2.05) is 35.8 Å². The molecule has 39 heavy (non-hydrogen) atoms. The minimum Gasteiger partial charge on any atom is -0.497 e. The van der Waals surface area contributed by atoms with Crippen LogP contribution in [0.1, 0.15) is 21.7 Å². The van der Waals surface area contributed by atoms with E-state index in [4.69, 9.17) is 14.2 Å². The smallest absolute Gasteiger partial charge is 0.251 e. The molecule has 10 nitrogen and oxygen atoms in total. The van der Waals surface area contributed by atoms with Crippen LogP contribution in [0.4, 0.5) is 5.69 Å². The number of amides is 2. The van der Waals surface area contributed by atoms with E-state index in [-0.39, 0.29) is 24.1 Å². The van der Waals surface area contributed by atoms with Gasteiger partial charge in [-0.25, -0.2) is 0 Å². The van der Waals surface area contributed by atoms with Crippen LogP contribution in [0.2, 0.25) is 0 Å². The Morgan fingerprint density at radius 3 is 2.36 bits per heavy atom. The third kappa shape index (κ3) is 6.88. The van der Waals surface area contributed by atoms with Crippen LogP contribution in [0.5, 0.6) is 17.2 Å². The topological polar surface area (TPSA) is 117 Å². The van der Waals surface area contributed by atoms with Crippen molar-refractivity contribution in [2.75, 3.05) is 32.4 Å². The largest absolute Gasteiger partial charge is 0.497 e. The standard InChI is InChI=1S/C28H29N5O5S/c1-18-6-5-7-21(14-18)33-25(16-29-27(35)19-8-13-23(37-3)24(15-19)38-4)31-32-28(33)39-17-26(34)30-20-9-11-22(36-2)12-10-20/h5-15H,16-17H2,1-4H3,(H,29,35)(H,30,34). The third-order valence-electron chi connectivity index (χ3n) is 5.72. The molecule has 3 aromatic carbocycles. The Balaban J connectivity index is 1.49. The summed E-state index contributed by atoms with van der Waals surface area (Å²) in [4.78, 5) is 25.5. The zero-order chi connectivity index (χ0) is 27.8. The van der Waals surface area contributed by atoms with Crippen LogP contribution in [-0.4, -0.2) is 53.7 Å². The van der Waals surface area contributed by atoms with Gasteiger partial charge in [-0.05, 0) is 67.1 Å². The number of rotatable bonds is 11. The molecule has 11 heteroatoms. The van der Waals surface area contributed by atoms with E-state index in [1.54, 1.807) is 49.6 Å². The average Bonchev–Trinajstić information content (AvgIpc) is 3.37. The number of nitrogens with one attached hydrogen (secondary N) is 2. The van der Waals surface area contributed by atoms with Gasteiger partial charge >= 0.3 is 0 Å². The van der Waals surface area contributed by atoms with Crippen LogP contribution in [-0.2, 0) is 11.3 Å². The maximum atomic E-state index is 12.9. The van der Waals surface area contributed by atoms with Crippen LogP contribution in [0.3, 0.4) is 0 Å². The van der Waals surface area contributed by atoms with Gasteiger partial charge < -0.3 is 24.8 Å². The third-order valence-corrected chi connectivity index (χ3v) is 6.65. The van der Waals surface area contributed by atoms with Crippen LogP contribution < -0.4 is 24.8 Å². The van der Waals surface area contributed by atoms with Gasteiger partial charge in [0, 0.05) is 16.9 Å². The highest BCUT2D eigenvalue weighted by Crippen LogP contribution is 2.28. The molecular weight excluding hydrogens is 518 g/mol. The monoisotopic (exact) mass is 547 g/mol. The molecule has 4 rings (SSSR count). The van der Waals surface area contributed by atoms with Gasteiger partial charge in [0.05, 0.1) is 33.6 Å². The number of aryl methyl sites for hydroxylation is 1. The summed E-state index contributed by atoms with van der Waals surface area (Å²) in [5, 5.41) is 14.9. The molecule has 0 spiro atoms. The van der Waals surface area contributed by atoms with Gasteiger partial charge in [-0.1, -0.05) is 23.9 Å². The molecule has 0 aliphatic heterocycles. The summed E-state index contributed by atoms with van der Waals surface area (Å²) in [6.07, 6.45) is 0. The summed E-state index contributed by atoms with van der Waals surface area (Å²) in [6, 6.07) is 19.9. The molecule has 0 aliphatic carbocycles. The second-order valence-electron chi connectivity index (χ2n) is 8.39. The van der Waals surface area contributed by atoms with Gasteiger partial charge in [-0.3, -0.25) is 14.2 Å². The number of thioether (sulfide) groups is 1. The van der Waals surface area contributed by atoms with Gasteiger partial charge in [0.1, 0.15) is 5.75 Å². The number of carbonyl (C=O) groups excluding carboxylic acids is 2. The predicted octanol–water partition coefficient (Wildman–Crippen LogP) is 4.26. The molecule has 0 fully saturated rings. The molecule has 2 N–H and O–H groups in total. The first kappa shape index (κ1) is 27.5. The summed E-state index contributed by atoms with van der Waals surface area (Å²) in [5.41, 5.74) is 2.96.